The van der Waals surface area contributed by atoms with Crippen molar-refractivity contribution in [3.8, 4) is 11.5 Å². The summed E-state index contributed by atoms with van der Waals surface area (Å²) in [5.41, 5.74) is 1.07. The zero-order chi connectivity index (χ0) is 15.1. The van der Waals surface area contributed by atoms with Crippen molar-refractivity contribution in [1.82, 2.24) is 10.6 Å². The second-order valence-corrected chi connectivity index (χ2v) is 4.94. The third-order valence-electron chi connectivity index (χ3n) is 2.71. The van der Waals surface area contributed by atoms with Crippen LogP contribution in [0.1, 0.15) is 26.3 Å². The van der Waals surface area contributed by atoms with E-state index in [4.69, 9.17) is 9.47 Å². The molecule has 1 aromatic carbocycles. The predicted octanol–water partition coefficient (Wildman–Crippen LogP) is 1.71. The van der Waals surface area contributed by atoms with E-state index in [-0.39, 0.29) is 11.9 Å². The minimum absolute atomic E-state index is 0.0890. The van der Waals surface area contributed by atoms with Crippen LogP contribution in [0.15, 0.2) is 18.2 Å². The fraction of sp³-hybridized carbons (Fsp3) is 0.533. The Morgan fingerprint density at radius 3 is 2.50 bits per heavy atom. The minimum atomic E-state index is -0.573. The van der Waals surface area contributed by atoms with E-state index in [1.807, 2.05) is 39.1 Å². The Bertz CT molecular complexity index is 447. The average Bonchev–Trinajstić information content (AvgIpc) is 2.38. The van der Waals surface area contributed by atoms with Crippen molar-refractivity contribution < 1.29 is 14.3 Å². The third-order valence-corrected chi connectivity index (χ3v) is 2.71. The van der Waals surface area contributed by atoms with Gasteiger partial charge >= 0.3 is 0 Å². The van der Waals surface area contributed by atoms with Crippen molar-refractivity contribution in [1.29, 1.82) is 0 Å². The van der Waals surface area contributed by atoms with E-state index < -0.39 is 6.10 Å². The highest BCUT2D eigenvalue weighted by Gasteiger charge is 2.17. The fourth-order valence-electron chi connectivity index (χ4n) is 1.77. The molecule has 0 spiro atoms. The molecular formula is C15H24N2O3. The van der Waals surface area contributed by atoms with Gasteiger partial charge in [0.2, 0.25) is 0 Å². The minimum Gasteiger partial charge on any atom is -0.493 e. The molecule has 0 aliphatic carbocycles. The molecule has 0 radical (unpaired) electrons. The molecule has 1 atom stereocenters. The van der Waals surface area contributed by atoms with Crippen molar-refractivity contribution in [2.24, 2.45) is 0 Å². The number of hydrogen-bond acceptors (Lipinski definition) is 4. The third kappa shape index (κ3) is 4.74. The number of benzene rings is 1. The first kappa shape index (κ1) is 16.3. The summed E-state index contributed by atoms with van der Waals surface area (Å²) in [6.07, 6.45) is -0.573. The second-order valence-electron chi connectivity index (χ2n) is 4.94. The molecule has 5 nitrogen and oxygen atoms in total. The van der Waals surface area contributed by atoms with E-state index in [1.165, 1.54) is 0 Å². The van der Waals surface area contributed by atoms with Gasteiger partial charge in [-0.1, -0.05) is 6.07 Å². The Labute approximate surface area is 120 Å². The van der Waals surface area contributed by atoms with Crippen LogP contribution < -0.4 is 20.1 Å². The summed E-state index contributed by atoms with van der Waals surface area (Å²) in [7, 11) is 3.46. The highest BCUT2D eigenvalue weighted by Crippen LogP contribution is 2.29. The number of nitrogens with one attached hydrogen (secondary N) is 2. The molecule has 0 aliphatic heterocycles. The lowest BCUT2D eigenvalue weighted by Gasteiger charge is -2.18. The van der Waals surface area contributed by atoms with Crippen LogP contribution >= 0.6 is 0 Å². The van der Waals surface area contributed by atoms with Gasteiger partial charge in [0.25, 0.3) is 5.91 Å². The van der Waals surface area contributed by atoms with E-state index in [0.717, 1.165) is 12.1 Å². The van der Waals surface area contributed by atoms with Gasteiger partial charge in [0.05, 0.1) is 7.11 Å². The van der Waals surface area contributed by atoms with Gasteiger partial charge in [-0.25, -0.2) is 0 Å². The topological polar surface area (TPSA) is 59.6 Å². The van der Waals surface area contributed by atoms with Crippen LogP contribution in [-0.4, -0.2) is 32.2 Å². The molecule has 0 aliphatic rings. The highest BCUT2D eigenvalue weighted by molar-refractivity contribution is 5.81. The SMILES string of the molecule is CNCc1ccc(OC)c(OC(C)C(=O)NC(C)C)c1. The van der Waals surface area contributed by atoms with Crippen molar-refractivity contribution in [2.45, 2.75) is 39.5 Å². The number of methoxy groups -OCH3 is 1. The lowest BCUT2D eigenvalue weighted by atomic mass is 10.2. The predicted molar refractivity (Wildman–Crippen MR) is 79.1 cm³/mol. The molecule has 0 bridgehead atoms. The zero-order valence-corrected chi connectivity index (χ0v) is 12.8. The van der Waals surface area contributed by atoms with Crippen LogP contribution in [-0.2, 0) is 11.3 Å². The standard InChI is InChI=1S/C15H24N2O3/c1-10(2)17-15(18)11(3)20-14-8-12(9-16-4)6-7-13(14)19-5/h6-8,10-11,16H,9H2,1-5H3,(H,17,18). The maximum absolute atomic E-state index is 11.9. The summed E-state index contributed by atoms with van der Waals surface area (Å²) in [6.45, 7) is 6.28. The maximum Gasteiger partial charge on any atom is 0.260 e. The molecule has 5 heteroatoms. The zero-order valence-electron chi connectivity index (χ0n) is 12.8. The van der Waals surface area contributed by atoms with Crippen LogP contribution in [0.4, 0.5) is 0 Å². The summed E-state index contributed by atoms with van der Waals surface area (Å²) in [4.78, 5) is 11.9. The monoisotopic (exact) mass is 280 g/mol. The molecule has 1 rings (SSSR count). The first-order chi connectivity index (χ1) is 9.47. The van der Waals surface area contributed by atoms with Gasteiger partial charge in [0, 0.05) is 12.6 Å². The molecule has 1 amide bonds. The average molecular weight is 280 g/mol. The molecular weight excluding hydrogens is 256 g/mol. The van der Waals surface area contributed by atoms with Crippen molar-refractivity contribution in [3.05, 3.63) is 23.8 Å². The largest absolute Gasteiger partial charge is 0.493 e. The second kappa shape index (κ2) is 7.75. The smallest absolute Gasteiger partial charge is 0.260 e. The Hall–Kier alpha value is -1.75. The molecule has 20 heavy (non-hydrogen) atoms. The summed E-state index contributed by atoms with van der Waals surface area (Å²) < 4.78 is 11.0. The van der Waals surface area contributed by atoms with Crippen LogP contribution in [0.2, 0.25) is 0 Å². The van der Waals surface area contributed by atoms with Gasteiger partial charge in [0.1, 0.15) is 0 Å². The van der Waals surface area contributed by atoms with Crippen LogP contribution in [0, 0.1) is 0 Å². The maximum atomic E-state index is 11.9. The lowest BCUT2D eigenvalue weighted by molar-refractivity contribution is -0.127. The lowest BCUT2D eigenvalue weighted by Crippen LogP contribution is -2.40. The number of amides is 1. The summed E-state index contributed by atoms with van der Waals surface area (Å²) in [6, 6.07) is 5.77. The molecule has 2 N–H and O–H groups in total. The number of hydrogen-bond donors (Lipinski definition) is 2. The Morgan fingerprint density at radius 2 is 1.95 bits per heavy atom. The number of carbonyl (C=O) groups is 1. The van der Waals surface area contributed by atoms with Gasteiger partial charge in [-0.05, 0) is 45.5 Å². The van der Waals surface area contributed by atoms with Crippen molar-refractivity contribution in [2.75, 3.05) is 14.2 Å². The highest BCUT2D eigenvalue weighted by atomic mass is 16.5. The van der Waals surface area contributed by atoms with Gasteiger partial charge in [-0.2, -0.15) is 0 Å². The van der Waals surface area contributed by atoms with E-state index in [0.29, 0.717) is 11.5 Å². The van der Waals surface area contributed by atoms with Crippen LogP contribution in [0.5, 0.6) is 11.5 Å². The van der Waals surface area contributed by atoms with E-state index in [1.54, 1.807) is 14.0 Å². The molecule has 0 saturated carbocycles. The first-order valence-electron chi connectivity index (χ1n) is 6.76. The van der Waals surface area contributed by atoms with Crippen LogP contribution in [0.3, 0.4) is 0 Å². The number of carbonyl (C=O) groups excluding carboxylic acids is 1. The molecule has 112 valence electrons. The van der Waals surface area contributed by atoms with Crippen molar-refractivity contribution in [3.63, 3.8) is 0 Å². The Morgan fingerprint density at radius 1 is 1.25 bits per heavy atom. The van der Waals surface area contributed by atoms with Crippen molar-refractivity contribution >= 4 is 5.91 Å². The van der Waals surface area contributed by atoms with Crippen LogP contribution in [0.25, 0.3) is 0 Å². The molecule has 0 fully saturated rings. The van der Waals surface area contributed by atoms with E-state index >= 15 is 0 Å². The summed E-state index contributed by atoms with van der Waals surface area (Å²) >= 11 is 0. The van der Waals surface area contributed by atoms with E-state index in [2.05, 4.69) is 10.6 Å². The number of ether oxygens (including phenoxy) is 2. The summed E-state index contributed by atoms with van der Waals surface area (Å²) in [5, 5.41) is 5.90. The fourth-order valence-corrected chi connectivity index (χ4v) is 1.77. The normalized spacial score (nSPS) is 12.1. The Kier molecular flexibility index (Phi) is 6.31. The Balaban J connectivity index is 2.83. The van der Waals surface area contributed by atoms with Gasteiger partial charge in [-0.3, -0.25) is 4.79 Å². The number of rotatable bonds is 7. The van der Waals surface area contributed by atoms with Gasteiger partial charge < -0.3 is 20.1 Å². The molecule has 0 heterocycles. The molecule has 0 saturated heterocycles. The summed E-state index contributed by atoms with van der Waals surface area (Å²) in [5.74, 6) is 1.06. The molecule has 1 aromatic rings. The van der Waals surface area contributed by atoms with E-state index in [9.17, 15) is 4.79 Å². The quantitative estimate of drug-likeness (QED) is 0.798. The molecule has 1 unspecified atom stereocenters. The first-order valence-corrected chi connectivity index (χ1v) is 6.76. The molecule has 0 aromatic heterocycles. The van der Waals surface area contributed by atoms with Gasteiger partial charge in [0.15, 0.2) is 17.6 Å². The van der Waals surface area contributed by atoms with Gasteiger partial charge in [-0.15, -0.1) is 0 Å².